The fraction of sp³-hybridized carbons (Fsp3) is 0.400. The van der Waals surface area contributed by atoms with Crippen molar-refractivity contribution < 1.29 is 9.53 Å². The van der Waals surface area contributed by atoms with Gasteiger partial charge in [-0.15, -0.1) is 11.3 Å². The first-order valence-electron chi connectivity index (χ1n) is 5.44. The molecule has 8 heteroatoms. The number of hydrogen-bond acceptors (Lipinski definition) is 7. The summed E-state index contributed by atoms with van der Waals surface area (Å²) in [6.07, 6.45) is 1.44. The Morgan fingerprint density at radius 1 is 1.61 bits per heavy atom. The van der Waals surface area contributed by atoms with Crippen LogP contribution < -0.4 is 5.32 Å². The predicted octanol–water partition coefficient (Wildman–Crippen LogP) is 1.61. The maximum absolute atomic E-state index is 11.6. The van der Waals surface area contributed by atoms with Gasteiger partial charge in [-0.1, -0.05) is 0 Å². The quantitative estimate of drug-likeness (QED) is 0.799. The summed E-state index contributed by atoms with van der Waals surface area (Å²) in [7, 11) is 0. The molecule has 1 atom stereocenters. The largest absolute Gasteiger partial charge is 0.461 e. The van der Waals surface area contributed by atoms with Gasteiger partial charge < -0.3 is 10.1 Å². The summed E-state index contributed by atoms with van der Waals surface area (Å²) in [5.74, 6) is 0.268. The molecule has 2 heterocycles. The maximum Gasteiger partial charge on any atom is 0.360 e. The molecule has 0 aromatic carbocycles. The zero-order chi connectivity index (χ0) is 13.0. The van der Waals surface area contributed by atoms with Crippen LogP contribution in [0, 0.1) is 0 Å². The minimum absolute atomic E-state index is 0.0962. The Balaban J connectivity index is 2.10. The Bertz CT molecular complexity index is 510. The van der Waals surface area contributed by atoms with Crippen LogP contribution in [-0.2, 0) is 4.74 Å². The molecule has 96 valence electrons. The molecule has 0 bridgehead atoms. The van der Waals surface area contributed by atoms with Gasteiger partial charge in [0, 0.05) is 0 Å². The molecule has 18 heavy (non-hydrogen) atoms. The van der Waals surface area contributed by atoms with Crippen molar-refractivity contribution in [2.75, 3.05) is 11.9 Å². The van der Waals surface area contributed by atoms with E-state index < -0.39 is 5.97 Å². The third kappa shape index (κ3) is 2.65. The van der Waals surface area contributed by atoms with E-state index in [1.54, 1.807) is 12.4 Å². The fourth-order valence-electron chi connectivity index (χ4n) is 1.38. The first kappa shape index (κ1) is 12.5. The van der Waals surface area contributed by atoms with Crippen LogP contribution >= 0.6 is 11.3 Å². The van der Waals surface area contributed by atoms with Crippen LogP contribution in [0.25, 0.3) is 0 Å². The molecule has 7 nitrogen and oxygen atoms in total. The van der Waals surface area contributed by atoms with Gasteiger partial charge in [-0.05, 0) is 13.8 Å². The second-order valence-corrected chi connectivity index (χ2v) is 4.34. The van der Waals surface area contributed by atoms with Gasteiger partial charge in [-0.25, -0.2) is 14.8 Å². The third-order valence-corrected chi connectivity index (χ3v) is 2.99. The number of ether oxygens (including phenoxy) is 1. The van der Waals surface area contributed by atoms with E-state index in [4.69, 9.17) is 4.74 Å². The second kappa shape index (κ2) is 5.58. The summed E-state index contributed by atoms with van der Waals surface area (Å²) in [6.45, 7) is 4.00. The number of thiazole rings is 1. The molecule has 2 N–H and O–H groups in total. The average molecular weight is 267 g/mol. The highest BCUT2D eigenvalue weighted by Gasteiger charge is 2.18. The number of carbonyl (C=O) groups excluding carboxylic acids is 1. The summed E-state index contributed by atoms with van der Waals surface area (Å²) in [6, 6.07) is -0.0962. The molecule has 2 aromatic rings. The summed E-state index contributed by atoms with van der Waals surface area (Å²) in [4.78, 5) is 19.7. The standard InChI is InChI=1S/C10H13N5O2S/c1-3-17-10(16)7-9(18-5-12-7)14-6(2)8-11-4-13-15-8/h4-6,14H,3H2,1-2H3,(H,11,13,15). The average Bonchev–Trinajstić information content (AvgIpc) is 2.99. The van der Waals surface area contributed by atoms with Crippen LogP contribution in [-0.4, -0.2) is 32.7 Å². The smallest absolute Gasteiger partial charge is 0.360 e. The van der Waals surface area contributed by atoms with Gasteiger partial charge in [-0.2, -0.15) is 5.10 Å². The van der Waals surface area contributed by atoms with Crippen LogP contribution in [0.3, 0.4) is 0 Å². The van der Waals surface area contributed by atoms with Crippen LogP contribution in [0.2, 0.25) is 0 Å². The molecule has 1 unspecified atom stereocenters. The number of anilines is 1. The lowest BCUT2D eigenvalue weighted by Crippen LogP contribution is -2.12. The first-order valence-corrected chi connectivity index (χ1v) is 6.32. The topological polar surface area (TPSA) is 92.8 Å². The Kier molecular flexibility index (Phi) is 3.88. The molecular weight excluding hydrogens is 254 g/mol. The molecule has 0 spiro atoms. The molecule has 0 aliphatic carbocycles. The molecule has 0 saturated carbocycles. The Morgan fingerprint density at radius 3 is 3.11 bits per heavy atom. The molecule has 0 aliphatic rings. The van der Waals surface area contributed by atoms with Gasteiger partial charge in [-0.3, -0.25) is 5.10 Å². The van der Waals surface area contributed by atoms with Gasteiger partial charge in [0.15, 0.2) is 5.69 Å². The number of hydrogen-bond donors (Lipinski definition) is 2. The van der Waals surface area contributed by atoms with Crippen LogP contribution in [0.15, 0.2) is 11.8 Å². The SMILES string of the molecule is CCOC(=O)c1ncsc1NC(C)c1ncn[nH]1. The van der Waals surface area contributed by atoms with E-state index in [-0.39, 0.29) is 6.04 Å². The van der Waals surface area contributed by atoms with Crippen molar-refractivity contribution in [1.29, 1.82) is 0 Å². The molecular formula is C10H13N5O2S. The van der Waals surface area contributed by atoms with Gasteiger partial charge >= 0.3 is 5.97 Å². The van der Waals surface area contributed by atoms with Crippen molar-refractivity contribution in [2.45, 2.75) is 19.9 Å². The van der Waals surface area contributed by atoms with Crippen LogP contribution in [0.4, 0.5) is 5.00 Å². The normalized spacial score (nSPS) is 12.1. The van der Waals surface area contributed by atoms with Crippen LogP contribution in [0.5, 0.6) is 0 Å². The van der Waals surface area contributed by atoms with E-state index in [1.807, 2.05) is 6.92 Å². The van der Waals surface area contributed by atoms with Crippen LogP contribution in [0.1, 0.15) is 36.2 Å². The van der Waals surface area contributed by atoms with E-state index in [1.165, 1.54) is 17.7 Å². The summed E-state index contributed by atoms with van der Waals surface area (Å²) in [5, 5.41) is 10.4. The highest BCUT2D eigenvalue weighted by Crippen LogP contribution is 2.25. The number of rotatable bonds is 5. The van der Waals surface area contributed by atoms with Crippen molar-refractivity contribution >= 4 is 22.3 Å². The van der Waals surface area contributed by atoms with Crippen molar-refractivity contribution in [3.63, 3.8) is 0 Å². The number of aromatic amines is 1. The highest BCUT2D eigenvalue weighted by molar-refractivity contribution is 7.14. The Morgan fingerprint density at radius 2 is 2.44 bits per heavy atom. The van der Waals surface area contributed by atoms with Crippen molar-refractivity contribution in [2.24, 2.45) is 0 Å². The molecule has 2 rings (SSSR count). The van der Waals surface area contributed by atoms with E-state index in [0.29, 0.717) is 23.1 Å². The van der Waals surface area contributed by atoms with Gasteiger partial charge in [0.2, 0.25) is 0 Å². The van der Waals surface area contributed by atoms with E-state index in [9.17, 15) is 4.79 Å². The number of nitrogens with zero attached hydrogens (tertiary/aromatic N) is 3. The minimum Gasteiger partial charge on any atom is -0.461 e. The maximum atomic E-state index is 11.6. The van der Waals surface area contributed by atoms with E-state index in [2.05, 4.69) is 25.5 Å². The van der Waals surface area contributed by atoms with Gasteiger partial charge in [0.1, 0.15) is 17.2 Å². The molecule has 2 aromatic heterocycles. The second-order valence-electron chi connectivity index (χ2n) is 3.49. The lowest BCUT2D eigenvalue weighted by Gasteiger charge is -2.11. The summed E-state index contributed by atoms with van der Waals surface area (Å²) < 4.78 is 4.93. The lowest BCUT2D eigenvalue weighted by atomic mass is 10.3. The highest BCUT2D eigenvalue weighted by atomic mass is 32.1. The summed E-state index contributed by atoms with van der Waals surface area (Å²) in [5.41, 5.74) is 1.90. The van der Waals surface area contributed by atoms with E-state index in [0.717, 1.165) is 0 Å². The Labute approximate surface area is 108 Å². The molecule has 0 aliphatic heterocycles. The van der Waals surface area contributed by atoms with Gasteiger partial charge in [0.25, 0.3) is 0 Å². The number of esters is 1. The number of H-pyrrole nitrogens is 1. The van der Waals surface area contributed by atoms with Gasteiger partial charge in [0.05, 0.1) is 18.2 Å². The monoisotopic (exact) mass is 267 g/mol. The zero-order valence-corrected chi connectivity index (χ0v) is 10.8. The van der Waals surface area contributed by atoms with E-state index >= 15 is 0 Å². The Hall–Kier alpha value is -1.96. The molecule has 0 amide bonds. The van der Waals surface area contributed by atoms with Crippen molar-refractivity contribution in [3.8, 4) is 0 Å². The fourth-order valence-corrected chi connectivity index (χ4v) is 2.14. The molecule has 0 radical (unpaired) electrons. The van der Waals surface area contributed by atoms with Crippen molar-refractivity contribution in [1.82, 2.24) is 20.2 Å². The van der Waals surface area contributed by atoms with Crippen molar-refractivity contribution in [3.05, 3.63) is 23.4 Å². The molecule has 0 fully saturated rings. The zero-order valence-electron chi connectivity index (χ0n) is 10.0. The number of aromatic nitrogens is 4. The summed E-state index contributed by atoms with van der Waals surface area (Å²) >= 11 is 1.34. The minimum atomic E-state index is -0.425. The molecule has 0 saturated heterocycles. The number of nitrogens with one attached hydrogen (secondary N) is 2. The third-order valence-electron chi connectivity index (χ3n) is 2.23. The lowest BCUT2D eigenvalue weighted by molar-refractivity contribution is 0.0521. The first-order chi connectivity index (χ1) is 8.72. The predicted molar refractivity (Wildman–Crippen MR) is 66.5 cm³/mol. The number of carbonyl (C=O) groups is 1.